The molecule has 2 nitrogen and oxygen atoms in total. The minimum absolute atomic E-state index is 0.249. The van der Waals surface area contributed by atoms with Crippen molar-refractivity contribution >= 4 is 5.78 Å². The molecule has 0 aromatic rings. The monoisotopic (exact) mass is 172 g/mol. The van der Waals surface area contributed by atoms with Gasteiger partial charge in [-0.2, -0.15) is 0 Å². The number of hydrogen-bond acceptors (Lipinski definition) is 2. The number of ether oxygens (including phenoxy) is 1. The van der Waals surface area contributed by atoms with Crippen molar-refractivity contribution in [2.24, 2.45) is 5.92 Å². The maximum absolute atomic E-state index is 10.8. The fourth-order valence-electron chi connectivity index (χ4n) is 1.32. The molecule has 0 radical (unpaired) electrons. The molecule has 0 N–H and O–H groups in total. The van der Waals surface area contributed by atoms with Crippen LogP contribution in [0.3, 0.4) is 0 Å². The highest BCUT2D eigenvalue weighted by atomic mass is 16.5. The van der Waals surface area contributed by atoms with E-state index in [1.807, 2.05) is 18.2 Å². The molecule has 12 heavy (non-hydrogen) atoms. The van der Waals surface area contributed by atoms with Gasteiger partial charge in [-0.3, -0.25) is 0 Å². The Kier molecular flexibility index (Phi) is 3.09. The van der Waals surface area contributed by atoms with Gasteiger partial charge in [-0.05, 0) is 31.4 Å². The Labute approximate surface area is 72.9 Å². The number of ketones is 1. The van der Waals surface area contributed by atoms with Gasteiger partial charge in [-0.15, -0.1) is 0 Å². The lowest BCUT2D eigenvalue weighted by molar-refractivity contribution is -0.117. The smallest absolute Gasteiger partial charge is 0.130 e. The summed E-state index contributed by atoms with van der Waals surface area (Å²) in [4.78, 5) is 10.8. The SMILES string of the molecule is CO[13C]1=[13CH][13CH2][13CH](CC(C)=O)[13CH]=[13CH]1. The number of carbonyl (C=O) groups excluding carboxylic acids is 1. The highest BCUT2D eigenvalue weighted by Crippen LogP contribution is 2.19. The third kappa shape index (κ3) is 2.53. The van der Waals surface area contributed by atoms with Gasteiger partial charge in [-0.25, -0.2) is 0 Å². The summed E-state index contributed by atoms with van der Waals surface area (Å²) in [5.74, 6) is 1.52. The van der Waals surface area contributed by atoms with Gasteiger partial charge < -0.3 is 9.53 Å². The van der Waals surface area contributed by atoms with Gasteiger partial charge in [0.05, 0.1) is 7.11 Å². The number of Topliss-reactive ketones (excluding diaryl/α,β-unsaturated/α-hetero) is 1. The molecule has 1 unspecified atom stereocenters. The summed E-state index contributed by atoms with van der Waals surface area (Å²) in [5, 5.41) is 0. The van der Waals surface area contributed by atoms with E-state index in [9.17, 15) is 4.79 Å². The zero-order valence-corrected chi connectivity index (χ0v) is 7.54. The molecule has 1 aliphatic rings. The molecular formula is C10H14O2. The lowest BCUT2D eigenvalue weighted by atomic mass is 10.4. The minimum Gasteiger partial charge on any atom is -0.497 e. The van der Waals surface area contributed by atoms with E-state index in [0.717, 1.165) is 12.2 Å². The standard InChI is InChI=1S/C10H14O2/c1-8(11)7-9-3-5-10(12-2)6-4-9/h3,5-6,9H,4,7H2,1-2H3/i3+1,4+1,5+1,6+1,9+1,10+1. The van der Waals surface area contributed by atoms with Crippen molar-refractivity contribution in [1.29, 1.82) is 0 Å². The first kappa shape index (κ1) is 9.04. The van der Waals surface area contributed by atoms with Crippen LogP contribution in [-0.2, 0) is 9.53 Å². The van der Waals surface area contributed by atoms with Crippen LogP contribution in [0.1, 0.15) is 19.8 Å². The Morgan fingerprint density at radius 3 is 2.92 bits per heavy atom. The summed E-state index contributed by atoms with van der Waals surface area (Å²) in [6.45, 7) is 1.63. The molecule has 1 aliphatic carbocycles. The zero-order valence-electron chi connectivity index (χ0n) is 7.54. The van der Waals surface area contributed by atoms with Crippen molar-refractivity contribution in [2.75, 3.05) is 7.11 Å². The van der Waals surface area contributed by atoms with E-state index in [0.29, 0.717) is 12.3 Å². The van der Waals surface area contributed by atoms with E-state index in [1.165, 1.54) is 0 Å². The Morgan fingerprint density at radius 2 is 2.50 bits per heavy atom. The van der Waals surface area contributed by atoms with Crippen LogP contribution >= 0.6 is 0 Å². The third-order valence-corrected chi connectivity index (χ3v) is 1.94. The Hall–Kier alpha value is -1.05. The number of hydrogen-bond donors (Lipinski definition) is 0. The summed E-state index contributed by atoms with van der Waals surface area (Å²) in [6, 6.07) is 0. The zero-order chi connectivity index (χ0) is 8.97. The van der Waals surface area contributed by atoms with Crippen LogP contribution in [0.5, 0.6) is 0 Å². The lowest BCUT2D eigenvalue weighted by Gasteiger charge is -2.13. The second kappa shape index (κ2) is 4.10. The van der Waals surface area contributed by atoms with Crippen LogP contribution < -0.4 is 0 Å². The first-order valence-electron chi connectivity index (χ1n) is 4.14. The van der Waals surface area contributed by atoms with E-state index in [4.69, 9.17) is 4.74 Å². The van der Waals surface area contributed by atoms with E-state index in [1.54, 1.807) is 14.0 Å². The molecular weight excluding hydrogens is 158 g/mol. The van der Waals surface area contributed by atoms with Gasteiger partial charge in [0.1, 0.15) is 11.5 Å². The summed E-state index contributed by atoms with van der Waals surface area (Å²) in [6.07, 6.45) is 7.55. The number of methoxy groups -OCH3 is 1. The molecule has 0 spiro atoms. The normalized spacial score (nSPS) is 21.8. The molecule has 0 saturated carbocycles. The van der Waals surface area contributed by atoms with Crippen molar-refractivity contribution in [3.8, 4) is 0 Å². The quantitative estimate of drug-likeness (QED) is 0.609. The molecule has 0 bridgehead atoms. The average molecular weight is 172 g/mol. The molecule has 0 aromatic heterocycles. The maximum Gasteiger partial charge on any atom is 0.130 e. The van der Waals surface area contributed by atoms with Crippen LogP contribution in [0.4, 0.5) is 0 Å². The molecule has 0 saturated heterocycles. The van der Waals surface area contributed by atoms with Crippen LogP contribution in [0.2, 0.25) is 0 Å². The molecule has 0 heterocycles. The van der Waals surface area contributed by atoms with Crippen LogP contribution in [0.15, 0.2) is 24.0 Å². The van der Waals surface area contributed by atoms with Gasteiger partial charge in [0, 0.05) is 6.42 Å². The molecule has 1 rings (SSSR count). The molecule has 1 atom stereocenters. The number of carbonyl (C=O) groups is 1. The first-order chi connectivity index (χ1) is 5.72. The molecule has 0 aromatic carbocycles. The minimum atomic E-state index is 0.249. The lowest BCUT2D eigenvalue weighted by Crippen LogP contribution is -2.05. The fraction of sp³-hybridized carbons (Fsp3) is 0.500. The second-order valence-electron chi connectivity index (χ2n) is 3.07. The summed E-state index contributed by atoms with van der Waals surface area (Å²) >= 11 is 0. The molecule has 0 amide bonds. The van der Waals surface area contributed by atoms with Gasteiger partial charge >= 0.3 is 0 Å². The maximum atomic E-state index is 10.8. The topological polar surface area (TPSA) is 26.3 Å². The Balaban J connectivity index is 2.43. The largest absolute Gasteiger partial charge is 0.497 e. The Morgan fingerprint density at radius 1 is 1.75 bits per heavy atom. The predicted octanol–water partition coefficient (Wildman–Crippen LogP) is 2.07. The van der Waals surface area contributed by atoms with Crippen LogP contribution in [0.25, 0.3) is 0 Å². The van der Waals surface area contributed by atoms with Gasteiger partial charge in [0.15, 0.2) is 0 Å². The van der Waals surface area contributed by atoms with E-state index in [2.05, 4.69) is 0 Å². The van der Waals surface area contributed by atoms with Gasteiger partial charge in [-0.1, -0.05) is 6.08 Å². The van der Waals surface area contributed by atoms with Crippen LogP contribution in [0, 0.1) is 5.92 Å². The molecule has 2 heteroatoms. The number of rotatable bonds is 3. The summed E-state index contributed by atoms with van der Waals surface area (Å²) < 4.78 is 5.03. The summed E-state index contributed by atoms with van der Waals surface area (Å²) in [7, 11) is 1.65. The summed E-state index contributed by atoms with van der Waals surface area (Å²) in [5.41, 5.74) is 0. The molecule has 66 valence electrons. The van der Waals surface area contributed by atoms with E-state index < -0.39 is 0 Å². The van der Waals surface area contributed by atoms with Crippen molar-refractivity contribution in [1.82, 2.24) is 0 Å². The van der Waals surface area contributed by atoms with E-state index in [-0.39, 0.29) is 5.78 Å². The van der Waals surface area contributed by atoms with Crippen molar-refractivity contribution in [3.63, 3.8) is 0 Å². The average Bonchev–Trinajstić information content (AvgIpc) is 2.05. The Bertz CT molecular complexity index is 226. The van der Waals surface area contributed by atoms with Crippen LogP contribution in [-0.4, -0.2) is 12.9 Å². The third-order valence-electron chi connectivity index (χ3n) is 1.94. The molecule has 0 aliphatic heterocycles. The van der Waals surface area contributed by atoms with Gasteiger partial charge in [0.25, 0.3) is 0 Å². The second-order valence-corrected chi connectivity index (χ2v) is 3.07. The van der Waals surface area contributed by atoms with Crippen molar-refractivity contribution in [3.05, 3.63) is 24.0 Å². The highest BCUT2D eigenvalue weighted by Gasteiger charge is 2.10. The van der Waals surface area contributed by atoms with Crippen molar-refractivity contribution < 1.29 is 9.53 Å². The number of allylic oxidation sites excluding steroid dienone is 3. The first-order valence-corrected chi connectivity index (χ1v) is 4.14. The highest BCUT2D eigenvalue weighted by molar-refractivity contribution is 5.76. The van der Waals surface area contributed by atoms with Gasteiger partial charge in [0.2, 0.25) is 0 Å². The van der Waals surface area contributed by atoms with Crippen molar-refractivity contribution in [2.45, 2.75) is 19.8 Å². The van der Waals surface area contributed by atoms with E-state index >= 15 is 0 Å². The molecule has 0 fully saturated rings. The predicted molar refractivity (Wildman–Crippen MR) is 47.6 cm³/mol. The fourth-order valence-corrected chi connectivity index (χ4v) is 1.32.